The number of alkyl halides is 2. The molecule has 1 aliphatic heterocycles. The first-order valence-electron chi connectivity index (χ1n) is 10.7. The zero-order chi connectivity index (χ0) is 24.6. The summed E-state index contributed by atoms with van der Waals surface area (Å²) >= 11 is 3.43. The number of alkyl carbamates (subject to hydrolysis) is 1. The highest BCUT2D eigenvalue weighted by molar-refractivity contribution is 9.10. The molecular weight excluding hydrogens is 512 g/mol. The number of halogens is 3. The number of methoxy groups -OCH3 is 1. The van der Waals surface area contributed by atoms with Gasteiger partial charge in [0, 0.05) is 16.3 Å². The molecule has 0 unspecified atom stereocenters. The van der Waals surface area contributed by atoms with E-state index in [1.54, 1.807) is 13.8 Å². The molecule has 8 nitrogen and oxygen atoms in total. The van der Waals surface area contributed by atoms with E-state index >= 15 is 0 Å². The van der Waals surface area contributed by atoms with E-state index < -0.39 is 43.0 Å². The molecule has 3 heterocycles. The number of pyridine rings is 1. The molecule has 180 valence electrons. The summed E-state index contributed by atoms with van der Waals surface area (Å²) in [5, 5.41) is 3.40. The van der Waals surface area contributed by atoms with Crippen molar-refractivity contribution in [3.8, 4) is 11.4 Å². The largest absolute Gasteiger partial charge is 0.453 e. The zero-order valence-electron chi connectivity index (χ0n) is 18.8. The maximum atomic E-state index is 14.5. The summed E-state index contributed by atoms with van der Waals surface area (Å²) in [5.74, 6) is -3.81. The fraction of sp³-hybridized carbons (Fsp3) is 0.391. The predicted molar refractivity (Wildman–Crippen MR) is 125 cm³/mol. The number of benzene rings is 1. The number of aromatic amines is 1. The minimum atomic E-state index is -3.09. The first-order chi connectivity index (χ1) is 16.1. The Morgan fingerprint density at radius 1 is 1.29 bits per heavy atom. The topological polar surface area (TPSA) is 100 Å². The fourth-order valence-corrected chi connectivity index (χ4v) is 4.43. The molecule has 1 fully saturated rings. The Balaban J connectivity index is 1.63. The summed E-state index contributed by atoms with van der Waals surface area (Å²) in [4.78, 5) is 38.0. The number of ether oxygens (including phenoxy) is 1. The SMILES string of the molecule is COC(=O)N[C@H](C(=O)N1CC(F)(F)C[C@H]1c1ncc(-c2ccc3cc(Br)ccc3n2)[nH]1)C(C)C. The Hall–Kier alpha value is -3.08. The number of carbonyl (C=O) groups is 2. The lowest BCUT2D eigenvalue weighted by atomic mass is 10.0. The average Bonchev–Trinajstić information content (AvgIpc) is 3.40. The van der Waals surface area contributed by atoms with Crippen LogP contribution in [-0.2, 0) is 9.53 Å². The second-order valence-corrected chi connectivity index (χ2v) is 9.53. The van der Waals surface area contributed by atoms with E-state index in [-0.39, 0.29) is 11.7 Å². The number of nitrogens with zero attached hydrogens (tertiary/aromatic N) is 3. The van der Waals surface area contributed by atoms with E-state index in [0.717, 1.165) is 20.3 Å². The molecule has 0 aliphatic carbocycles. The number of amides is 2. The summed E-state index contributed by atoms with van der Waals surface area (Å²) < 4.78 is 34.4. The van der Waals surface area contributed by atoms with Crippen molar-refractivity contribution in [1.82, 2.24) is 25.2 Å². The molecule has 0 spiro atoms. The van der Waals surface area contributed by atoms with Crippen LogP contribution in [0.25, 0.3) is 22.3 Å². The van der Waals surface area contributed by atoms with Gasteiger partial charge in [0.25, 0.3) is 5.92 Å². The minimum Gasteiger partial charge on any atom is -0.453 e. The number of carbonyl (C=O) groups excluding carboxylic acids is 2. The van der Waals surface area contributed by atoms with Crippen LogP contribution in [-0.4, -0.2) is 57.5 Å². The molecule has 1 aromatic carbocycles. The van der Waals surface area contributed by atoms with E-state index in [2.05, 4.69) is 40.9 Å². The van der Waals surface area contributed by atoms with Gasteiger partial charge in [0.05, 0.1) is 42.8 Å². The molecule has 1 saturated heterocycles. The van der Waals surface area contributed by atoms with Gasteiger partial charge in [0.1, 0.15) is 11.9 Å². The van der Waals surface area contributed by atoms with Crippen molar-refractivity contribution in [2.75, 3.05) is 13.7 Å². The van der Waals surface area contributed by atoms with E-state index in [0.29, 0.717) is 11.4 Å². The van der Waals surface area contributed by atoms with Gasteiger partial charge >= 0.3 is 6.09 Å². The number of hydrogen-bond donors (Lipinski definition) is 2. The highest BCUT2D eigenvalue weighted by Gasteiger charge is 2.50. The van der Waals surface area contributed by atoms with Gasteiger partial charge in [-0.1, -0.05) is 35.8 Å². The van der Waals surface area contributed by atoms with Gasteiger partial charge in [-0.25, -0.2) is 23.5 Å². The average molecular weight is 536 g/mol. The normalized spacial score (nSPS) is 18.3. The van der Waals surface area contributed by atoms with Crippen LogP contribution in [0.1, 0.15) is 32.1 Å². The summed E-state index contributed by atoms with van der Waals surface area (Å²) in [5.41, 5.74) is 1.92. The van der Waals surface area contributed by atoms with Gasteiger partial charge in [-0.2, -0.15) is 0 Å². The molecule has 11 heteroatoms. The summed E-state index contributed by atoms with van der Waals surface area (Å²) in [6.07, 6.45) is 0.145. The van der Waals surface area contributed by atoms with Gasteiger partial charge in [0.2, 0.25) is 5.91 Å². The summed E-state index contributed by atoms with van der Waals surface area (Å²) in [6, 6.07) is 7.44. The van der Waals surface area contributed by atoms with Crippen molar-refractivity contribution in [3.05, 3.63) is 46.8 Å². The molecule has 2 amide bonds. The molecule has 3 aromatic rings. The second kappa shape index (κ2) is 9.28. The Bertz CT molecular complexity index is 1230. The van der Waals surface area contributed by atoms with Crippen LogP contribution in [0.4, 0.5) is 13.6 Å². The third-order valence-electron chi connectivity index (χ3n) is 5.78. The predicted octanol–water partition coefficient (Wildman–Crippen LogP) is 4.68. The number of imidazole rings is 1. The molecular formula is C23H24BrF2N5O3. The monoisotopic (exact) mass is 535 g/mol. The molecule has 0 bridgehead atoms. The van der Waals surface area contributed by atoms with Crippen LogP contribution < -0.4 is 5.32 Å². The number of likely N-dealkylation sites (tertiary alicyclic amines) is 1. The molecule has 34 heavy (non-hydrogen) atoms. The van der Waals surface area contributed by atoms with Crippen molar-refractivity contribution in [2.24, 2.45) is 5.92 Å². The van der Waals surface area contributed by atoms with Crippen molar-refractivity contribution in [1.29, 1.82) is 0 Å². The Morgan fingerprint density at radius 2 is 2.06 bits per heavy atom. The van der Waals surface area contributed by atoms with Gasteiger partial charge < -0.3 is 19.9 Å². The lowest BCUT2D eigenvalue weighted by Crippen LogP contribution is -2.51. The van der Waals surface area contributed by atoms with Gasteiger partial charge in [-0.05, 0) is 30.2 Å². The van der Waals surface area contributed by atoms with Gasteiger partial charge in [-0.3, -0.25) is 4.79 Å². The quantitative estimate of drug-likeness (QED) is 0.494. The molecule has 0 radical (unpaired) electrons. The third kappa shape index (κ3) is 4.89. The smallest absolute Gasteiger partial charge is 0.407 e. The Labute approximate surface area is 203 Å². The van der Waals surface area contributed by atoms with Gasteiger partial charge in [0.15, 0.2) is 0 Å². The number of H-pyrrole nitrogens is 1. The Morgan fingerprint density at radius 3 is 2.76 bits per heavy atom. The van der Waals surface area contributed by atoms with Gasteiger partial charge in [-0.15, -0.1) is 0 Å². The number of nitrogens with one attached hydrogen (secondary N) is 2. The maximum Gasteiger partial charge on any atom is 0.407 e. The lowest BCUT2D eigenvalue weighted by molar-refractivity contribution is -0.136. The molecule has 2 atom stereocenters. The number of rotatable bonds is 5. The number of aromatic nitrogens is 3. The second-order valence-electron chi connectivity index (χ2n) is 8.62. The van der Waals surface area contributed by atoms with Crippen LogP contribution in [0.15, 0.2) is 41.0 Å². The zero-order valence-corrected chi connectivity index (χ0v) is 20.4. The maximum absolute atomic E-state index is 14.5. The first-order valence-corrected chi connectivity index (χ1v) is 11.5. The van der Waals surface area contributed by atoms with Crippen LogP contribution in [0.2, 0.25) is 0 Å². The molecule has 2 aromatic heterocycles. The van der Waals surface area contributed by atoms with E-state index in [4.69, 9.17) is 0 Å². The minimum absolute atomic E-state index is 0.235. The van der Waals surface area contributed by atoms with Crippen LogP contribution in [0.3, 0.4) is 0 Å². The highest BCUT2D eigenvalue weighted by Crippen LogP contribution is 2.41. The van der Waals surface area contributed by atoms with E-state index in [1.807, 2.05) is 30.3 Å². The molecule has 0 saturated carbocycles. The lowest BCUT2D eigenvalue weighted by Gasteiger charge is -2.29. The summed E-state index contributed by atoms with van der Waals surface area (Å²) in [6.45, 7) is 2.68. The molecule has 1 aliphatic rings. The van der Waals surface area contributed by atoms with E-state index in [1.165, 1.54) is 13.3 Å². The van der Waals surface area contributed by atoms with Crippen molar-refractivity contribution in [2.45, 2.75) is 38.3 Å². The fourth-order valence-electron chi connectivity index (χ4n) is 4.05. The third-order valence-corrected chi connectivity index (χ3v) is 6.28. The van der Waals surface area contributed by atoms with Crippen molar-refractivity contribution in [3.63, 3.8) is 0 Å². The molecule has 2 N–H and O–H groups in total. The van der Waals surface area contributed by atoms with Crippen molar-refractivity contribution >= 4 is 38.8 Å². The first kappa shape index (κ1) is 24.1. The number of fused-ring (bicyclic) bond motifs is 1. The molecule has 4 rings (SSSR count). The standard InChI is InChI=1S/C23H24BrF2N5O3/c1-12(2)19(30-22(33)34-3)21(32)31-11-23(25,26)9-18(31)20-27-10-17(29-20)16-6-4-13-8-14(24)5-7-15(13)28-16/h4-8,10,12,18-19H,9,11H2,1-3H3,(H,27,29)(H,30,33)/t18-,19-/m0/s1. The van der Waals surface area contributed by atoms with Crippen LogP contribution in [0.5, 0.6) is 0 Å². The van der Waals surface area contributed by atoms with Crippen LogP contribution in [0, 0.1) is 5.92 Å². The number of hydrogen-bond acceptors (Lipinski definition) is 5. The van der Waals surface area contributed by atoms with Crippen molar-refractivity contribution < 1.29 is 23.1 Å². The Kier molecular flexibility index (Phi) is 6.57. The van der Waals surface area contributed by atoms with E-state index in [9.17, 15) is 18.4 Å². The summed E-state index contributed by atoms with van der Waals surface area (Å²) in [7, 11) is 1.17. The van der Waals surface area contributed by atoms with Crippen LogP contribution >= 0.6 is 15.9 Å². The highest BCUT2D eigenvalue weighted by atomic mass is 79.9.